The largest absolute Gasteiger partial charge is 0.673 e. The maximum absolute atomic E-state index is 9.75. The lowest BCUT2D eigenvalue weighted by atomic mass is 10.3. The lowest BCUT2D eigenvalue weighted by Crippen LogP contribution is -2.24. The molecule has 1 heterocycles. The van der Waals surface area contributed by atoms with Crippen molar-refractivity contribution in [2.24, 2.45) is 7.05 Å². The number of hydrogen-bond acceptors (Lipinski definition) is 1. The van der Waals surface area contributed by atoms with E-state index in [0.29, 0.717) is 0 Å². The molecule has 2 rings (SSSR count). The van der Waals surface area contributed by atoms with Crippen molar-refractivity contribution >= 4 is 40.4 Å². The lowest BCUT2D eigenvalue weighted by molar-refractivity contribution is -0.640. The maximum Gasteiger partial charge on any atom is 0.673 e. The number of halogens is 5. The van der Waals surface area contributed by atoms with E-state index in [2.05, 4.69) is 10.1 Å². The highest BCUT2D eigenvalue weighted by molar-refractivity contribution is 7.16. The van der Waals surface area contributed by atoms with Crippen LogP contribution in [-0.4, -0.2) is 7.25 Å². The van der Waals surface area contributed by atoms with E-state index in [4.69, 9.17) is 11.6 Å². The number of benzene rings is 1. The summed E-state index contributed by atoms with van der Waals surface area (Å²) in [5.41, 5.74) is 3.27. The van der Waals surface area contributed by atoms with E-state index in [1.807, 2.05) is 25.2 Å². The molecule has 0 unspecified atom stereocenters. The topological polar surface area (TPSA) is 3.88 Å². The highest BCUT2D eigenvalue weighted by Crippen LogP contribution is 2.19. The van der Waals surface area contributed by atoms with Gasteiger partial charge < -0.3 is 17.3 Å². The lowest BCUT2D eigenvalue weighted by Gasteiger charge is -1.94. The van der Waals surface area contributed by atoms with Crippen LogP contribution in [0.2, 0.25) is 5.02 Å². The summed E-state index contributed by atoms with van der Waals surface area (Å²) >= 11 is 7.57. The third-order valence-corrected chi connectivity index (χ3v) is 2.89. The summed E-state index contributed by atoms with van der Waals surface area (Å²) in [5, 5.41) is 0.798. The first kappa shape index (κ1) is 13.3. The van der Waals surface area contributed by atoms with Crippen molar-refractivity contribution in [3.63, 3.8) is 0 Å². The van der Waals surface area contributed by atoms with Gasteiger partial charge in [-0.25, -0.2) is 0 Å². The van der Waals surface area contributed by atoms with Gasteiger partial charge in [0.2, 0.25) is 11.0 Å². The molecule has 0 fully saturated rings. The van der Waals surface area contributed by atoms with Gasteiger partial charge in [-0.05, 0) is 12.1 Å². The Kier molecular flexibility index (Phi) is 4.15. The second-order valence-corrected chi connectivity index (χ2v) is 4.26. The molecule has 0 atom stereocenters. The minimum atomic E-state index is -6.00. The van der Waals surface area contributed by atoms with Crippen LogP contribution in [0.3, 0.4) is 0 Å². The standard InChI is InChI=1S/C8H7ClNS.BF4/c1-10-5-11-8-3-2-6(9)4-7(8)10;2-1(3,4)5/h2-5H,1H3;/q+1;-1. The molecule has 0 radical (unpaired) electrons. The first-order chi connectivity index (χ1) is 7.27. The highest BCUT2D eigenvalue weighted by Gasteiger charge is 2.20. The number of aromatic nitrogens is 1. The summed E-state index contributed by atoms with van der Waals surface area (Å²) in [6.45, 7) is 0. The van der Waals surface area contributed by atoms with Gasteiger partial charge in [-0.15, -0.1) is 0 Å². The zero-order valence-corrected chi connectivity index (χ0v) is 9.70. The smallest absolute Gasteiger partial charge is 0.418 e. The molecule has 2 aromatic rings. The SMILES string of the molecule is C[n+]1csc2ccc(Cl)cc21.F[B-](F)(F)F. The second-order valence-electron chi connectivity index (χ2n) is 2.94. The van der Waals surface area contributed by atoms with E-state index >= 15 is 0 Å². The minimum Gasteiger partial charge on any atom is -0.418 e. The monoisotopic (exact) mass is 271 g/mol. The molecule has 0 N–H and O–H groups in total. The predicted octanol–water partition coefficient (Wildman–Crippen LogP) is 3.68. The van der Waals surface area contributed by atoms with E-state index in [0.717, 1.165) is 5.02 Å². The number of hydrogen-bond donors (Lipinski definition) is 0. The van der Waals surface area contributed by atoms with Crippen molar-refractivity contribution in [3.8, 4) is 0 Å². The summed E-state index contributed by atoms with van der Waals surface area (Å²) in [6, 6.07) is 5.94. The van der Waals surface area contributed by atoms with Gasteiger partial charge in [-0.1, -0.05) is 22.9 Å². The van der Waals surface area contributed by atoms with Crippen molar-refractivity contribution < 1.29 is 21.8 Å². The zero-order chi connectivity index (χ0) is 12.3. The minimum absolute atomic E-state index is 0.798. The summed E-state index contributed by atoms with van der Waals surface area (Å²) in [7, 11) is -3.98. The molecule has 0 aliphatic heterocycles. The highest BCUT2D eigenvalue weighted by atomic mass is 35.5. The van der Waals surface area contributed by atoms with Gasteiger partial charge in [0, 0.05) is 11.1 Å². The number of aryl methyl sites for hydroxylation is 1. The summed E-state index contributed by atoms with van der Waals surface area (Å²) in [5.74, 6) is 0. The van der Waals surface area contributed by atoms with Crippen LogP contribution in [0.4, 0.5) is 17.3 Å². The van der Waals surface area contributed by atoms with Crippen LogP contribution >= 0.6 is 22.9 Å². The van der Waals surface area contributed by atoms with Crippen LogP contribution < -0.4 is 4.57 Å². The fraction of sp³-hybridized carbons (Fsp3) is 0.125. The van der Waals surface area contributed by atoms with Crippen LogP contribution in [-0.2, 0) is 7.05 Å². The molecule has 88 valence electrons. The average Bonchev–Trinajstić information content (AvgIpc) is 2.45. The number of nitrogens with zero attached hydrogens (tertiary/aromatic N) is 1. The molecular formula is C8H7BClF4NS. The molecule has 0 amide bonds. The molecular weight excluding hydrogens is 264 g/mol. The van der Waals surface area contributed by atoms with Gasteiger partial charge in [0.25, 0.3) is 0 Å². The van der Waals surface area contributed by atoms with E-state index in [9.17, 15) is 17.3 Å². The van der Waals surface area contributed by atoms with Crippen LogP contribution in [0.5, 0.6) is 0 Å². The number of rotatable bonds is 0. The number of fused-ring (bicyclic) bond motifs is 1. The Balaban J connectivity index is 0.000000221. The van der Waals surface area contributed by atoms with Crippen molar-refractivity contribution in [3.05, 3.63) is 28.7 Å². The molecule has 0 bridgehead atoms. The van der Waals surface area contributed by atoms with Gasteiger partial charge in [-0.2, -0.15) is 4.57 Å². The summed E-state index contributed by atoms with van der Waals surface area (Å²) < 4.78 is 42.4. The molecule has 1 aromatic heterocycles. The fourth-order valence-corrected chi connectivity index (χ4v) is 2.08. The Hall–Kier alpha value is -0.815. The van der Waals surface area contributed by atoms with Gasteiger partial charge >= 0.3 is 7.25 Å². The van der Waals surface area contributed by atoms with Crippen LogP contribution in [0, 0.1) is 0 Å². The maximum atomic E-state index is 9.75. The quantitative estimate of drug-likeness (QED) is 0.391. The molecule has 0 aliphatic rings. The summed E-state index contributed by atoms with van der Waals surface area (Å²) in [6.07, 6.45) is 0. The molecule has 0 saturated carbocycles. The molecule has 0 aliphatic carbocycles. The van der Waals surface area contributed by atoms with Crippen molar-refractivity contribution in [2.45, 2.75) is 0 Å². The van der Waals surface area contributed by atoms with Crippen LogP contribution in [0.1, 0.15) is 0 Å². The average molecular weight is 271 g/mol. The molecule has 16 heavy (non-hydrogen) atoms. The van der Waals surface area contributed by atoms with Gasteiger partial charge in [0.1, 0.15) is 11.7 Å². The summed E-state index contributed by atoms with van der Waals surface area (Å²) in [4.78, 5) is 0. The Bertz CT molecular complexity index is 478. The van der Waals surface area contributed by atoms with E-state index in [-0.39, 0.29) is 0 Å². The van der Waals surface area contributed by atoms with Crippen molar-refractivity contribution in [2.75, 3.05) is 0 Å². The molecule has 8 heteroatoms. The van der Waals surface area contributed by atoms with E-state index < -0.39 is 7.25 Å². The van der Waals surface area contributed by atoms with Crippen LogP contribution in [0.25, 0.3) is 10.2 Å². The molecule has 0 saturated heterocycles. The van der Waals surface area contributed by atoms with Crippen molar-refractivity contribution in [1.29, 1.82) is 0 Å². The first-order valence-electron chi connectivity index (χ1n) is 4.17. The Morgan fingerprint density at radius 1 is 1.25 bits per heavy atom. The Labute approximate surface area is 98.4 Å². The molecule has 1 aromatic carbocycles. The Morgan fingerprint density at radius 2 is 1.81 bits per heavy atom. The molecule has 1 nitrogen and oxygen atoms in total. The normalized spacial score (nSPS) is 11.1. The Morgan fingerprint density at radius 3 is 2.38 bits per heavy atom. The third kappa shape index (κ3) is 4.36. The third-order valence-electron chi connectivity index (χ3n) is 1.64. The van der Waals surface area contributed by atoms with Crippen molar-refractivity contribution in [1.82, 2.24) is 0 Å². The van der Waals surface area contributed by atoms with Crippen LogP contribution in [0.15, 0.2) is 23.7 Å². The van der Waals surface area contributed by atoms with E-state index in [1.54, 1.807) is 11.3 Å². The van der Waals surface area contributed by atoms with Gasteiger partial charge in [0.15, 0.2) is 0 Å². The number of thiazole rings is 1. The fourth-order valence-electron chi connectivity index (χ4n) is 1.06. The van der Waals surface area contributed by atoms with Gasteiger partial charge in [0.05, 0.1) is 0 Å². The van der Waals surface area contributed by atoms with E-state index in [1.165, 1.54) is 10.2 Å². The van der Waals surface area contributed by atoms with Gasteiger partial charge in [-0.3, -0.25) is 0 Å². The molecule has 0 spiro atoms. The zero-order valence-electron chi connectivity index (χ0n) is 8.13. The second kappa shape index (κ2) is 5.01. The first-order valence-corrected chi connectivity index (χ1v) is 5.43. The predicted molar refractivity (Wildman–Crippen MR) is 58.2 cm³/mol.